The van der Waals surface area contributed by atoms with Crippen LogP contribution in [0.3, 0.4) is 0 Å². The Labute approximate surface area is 117 Å². The summed E-state index contributed by atoms with van der Waals surface area (Å²) in [5.74, 6) is -12.3. The molecule has 116 valence electrons. The molecule has 1 aromatic carbocycles. The first kappa shape index (κ1) is 15.7. The van der Waals surface area contributed by atoms with E-state index in [-0.39, 0.29) is 6.10 Å². The maximum Gasteiger partial charge on any atom is 0.257 e. The van der Waals surface area contributed by atoms with Crippen LogP contribution in [0.15, 0.2) is 0 Å². The number of hydrogen-bond donors (Lipinski definition) is 1. The van der Waals surface area contributed by atoms with Gasteiger partial charge in [-0.05, 0) is 19.8 Å². The SMILES string of the molecule is C[C@H](NC(=O)c1c(F)c(F)c(F)c(F)c1F)[C@H]1CCCO1. The van der Waals surface area contributed by atoms with Gasteiger partial charge >= 0.3 is 0 Å². The molecule has 1 fully saturated rings. The van der Waals surface area contributed by atoms with Gasteiger partial charge in [-0.2, -0.15) is 0 Å². The molecule has 21 heavy (non-hydrogen) atoms. The van der Waals surface area contributed by atoms with Crippen LogP contribution in [-0.4, -0.2) is 24.7 Å². The van der Waals surface area contributed by atoms with Gasteiger partial charge in [0.1, 0.15) is 5.56 Å². The second-order valence-corrected chi connectivity index (χ2v) is 4.76. The molecule has 0 unspecified atom stereocenters. The van der Waals surface area contributed by atoms with E-state index in [2.05, 4.69) is 5.32 Å². The number of carbonyl (C=O) groups is 1. The highest BCUT2D eigenvalue weighted by Crippen LogP contribution is 2.23. The van der Waals surface area contributed by atoms with Crippen molar-refractivity contribution in [3.8, 4) is 0 Å². The molecule has 0 aliphatic carbocycles. The minimum Gasteiger partial charge on any atom is -0.376 e. The van der Waals surface area contributed by atoms with Crippen LogP contribution in [0.25, 0.3) is 0 Å². The normalized spacial score (nSPS) is 19.6. The van der Waals surface area contributed by atoms with Gasteiger partial charge in [-0.25, -0.2) is 22.0 Å². The third-order valence-corrected chi connectivity index (χ3v) is 3.32. The van der Waals surface area contributed by atoms with E-state index < -0.39 is 46.6 Å². The number of carbonyl (C=O) groups excluding carboxylic acids is 1. The first-order valence-electron chi connectivity index (χ1n) is 6.28. The van der Waals surface area contributed by atoms with Crippen LogP contribution in [0.5, 0.6) is 0 Å². The Morgan fingerprint density at radius 1 is 1.10 bits per heavy atom. The maximum absolute atomic E-state index is 13.5. The number of rotatable bonds is 3. The quantitative estimate of drug-likeness (QED) is 0.530. The summed E-state index contributed by atoms with van der Waals surface area (Å²) in [6.45, 7) is 2.02. The number of nitrogens with one attached hydrogen (secondary N) is 1. The van der Waals surface area contributed by atoms with E-state index in [9.17, 15) is 26.7 Å². The molecule has 1 saturated heterocycles. The lowest BCUT2D eigenvalue weighted by Crippen LogP contribution is -2.41. The Bertz CT molecular complexity index is 543. The Hall–Kier alpha value is -1.70. The van der Waals surface area contributed by atoms with Crippen LogP contribution in [0.2, 0.25) is 0 Å². The lowest BCUT2D eigenvalue weighted by molar-refractivity contribution is 0.0706. The highest BCUT2D eigenvalue weighted by atomic mass is 19.2. The van der Waals surface area contributed by atoms with Crippen molar-refractivity contribution in [1.82, 2.24) is 5.32 Å². The van der Waals surface area contributed by atoms with Gasteiger partial charge in [0.15, 0.2) is 23.3 Å². The minimum atomic E-state index is -2.30. The molecule has 1 aliphatic rings. The monoisotopic (exact) mass is 309 g/mol. The molecule has 1 aliphatic heterocycles. The molecular weight excluding hydrogens is 297 g/mol. The van der Waals surface area contributed by atoms with Crippen molar-refractivity contribution in [2.45, 2.75) is 31.9 Å². The van der Waals surface area contributed by atoms with Gasteiger partial charge in [0, 0.05) is 6.61 Å². The van der Waals surface area contributed by atoms with E-state index in [4.69, 9.17) is 4.74 Å². The second-order valence-electron chi connectivity index (χ2n) is 4.76. The molecular formula is C13H12F5NO2. The molecule has 2 rings (SSSR count). The molecule has 0 saturated carbocycles. The summed E-state index contributed by atoms with van der Waals surface area (Å²) >= 11 is 0. The van der Waals surface area contributed by atoms with E-state index in [0.717, 1.165) is 6.42 Å². The Morgan fingerprint density at radius 3 is 2.10 bits per heavy atom. The molecule has 8 heteroatoms. The van der Waals surface area contributed by atoms with Crippen LogP contribution in [-0.2, 0) is 4.74 Å². The van der Waals surface area contributed by atoms with E-state index in [1.54, 1.807) is 0 Å². The summed E-state index contributed by atoms with van der Waals surface area (Å²) in [6, 6.07) is -0.616. The zero-order valence-electron chi connectivity index (χ0n) is 11.0. The van der Waals surface area contributed by atoms with Crippen LogP contribution in [0.1, 0.15) is 30.1 Å². The van der Waals surface area contributed by atoms with Crippen molar-refractivity contribution in [3.05, 3.63) is 34.6 Å². The Balaban J connectivity index is 2.27. The minimum absolute atomic E-state index is 0.352. The maximum atomic E-state index is 13.5. The zero-order chi connectivity index (χ0) is 15.7. The molecule has 0 radical (unpaired) electrons. The van der Waals surface area contributed by atoms with Gasteiger partial charge in [0.05, 0.1) is 12.1 Å². The van der Waals surface area contributed by atoms with Gasteiger partial charge in [-0.1, -0.05) is 0 Å². The van der Waals surface area contributed by atoms with Gasteiger partial charge in [0.2, 0.25) is 5.82 Å². The van der Waals surface area contributed by atoms with Crippen LogP contribution < -0.4 is 5.32 Å². The fourth-order valence-corrected chi connectivity index (χ4v) is 2.17. The highest BCUT2D eigenvalue weighted by molar-refractivity contribution is 5.95. The molecule has 2 atom stereocenters. The smallest absolute Gasteiger partial charge is 0.257 e. The standard InChI is InChI=1S/C13H12F5NO2/c1-5(6-3-2-4-21-6)19-13(20)7-8(14)10(16)12(18)11(17)9(7)15/h5-6H,2-4H2,1H3,(H,19,20)/t5-,6+/m0/s1. The number of halogens is 5. The predicted molar refractivity (Wildman–Crippen MR) is 62.1 cm³/mol. The van der Waals surface area contributed by atoms with Gasteiger partial charge < -0.3 is 10.1 Å². The molecule has 1 N–H and O–H groups in total. The third-order valence-electron chi connectivity index (χ3n) is 3.32. The molecule has 1 amide bonds. The summed E-state index contributed by atoms with van der Waals surface area (Å²) in [7, 11) is 0. The number of amides is 1. The Kier molecular flexibility index (Phi) is 4.46. The van der Waals surface area contributed by atoms with Crippen molar-refractivity contribution in [1.29, 1.82) is 0 Å². The first-order valence-corrected chi connectivity index (χ1v) is 6.28. The van der Waals surface area contributed by atoms with Crippen molar-refractivity contribution in [2.24, 2.45) is 0 Å². The van der Waals surface area contributed by atoms with Gasteiger partial charge in [-0.15, -0.1) is 0 Å². The largest absolute Gasteiger partial charge is 0.376 e. The van der Waals surface area contributed by atoms with Crippen LogP contribution >= 0.6 is 0 Å². The molecule has 0 aromatic heterocycles. The van der Waals surface area contributed by atoms with Gasteiger partial charge in [0.25, 0.3) is 5.91 Å². The fraction of sp³-hybridized carbons (Fsp3) is 0.462. The third kappa shape index (κ3) is 2.85. The number of ether oxygens (including phenoxy) is 1. The average molecular weight is 309 g/mol. The van der Waals surface area contributed by atoms with Crippen molar-refractivity contribution < 1.29 is 31.5 Å². The average Bonchev–Trinajstić information content (AvgIpc) is 2.97. The first-order chi connectivity index (χ1) is 9.84. The van der Waals surface area contributed by atoms with E-state index in [1.165, 1.54) is 6.92 Å². The zero-order valence-corrected chi connectivity index (χ0v) is 11.0. The summed E-state index contributed by atoms with van der Waals surface area (Å²) in [6.07, 6.45) is 1.06. The van der Waals surface area contributed by atoms with Gasteiger partial charge in [-0.3, -0.25) is 4.79 Å². The topological polar surface area (TPSA) is 38.3 Å². The lowest BCUT2D eigenvalue weighted by Gasteiger charge is -2.20. The molecule has 0 bridgehead atoms. The lowest BCUT2D eigenvalue weighted by atomic mass is 10.1. The van der Waals surface area contributed by atoms with E-state index >= 15 is 0 Å². The number of benzene rings is 1. The second kappa shape index (κ2) is 5.97. The number of hydrogen-bond acceptors (Lipinski definition) is 2. The summed E-state index contributed by atoms with van der Waals surface area (Å²) < 4.78 is 71.2. The van der Waals surface area contributed by atoms with Crippen LogP contribution in [0, 0.1) is 29.1 Å². The van der Waals surface area contributed by atoms with Crippen molar-refractivity contribution in [3.63, 3.8) is 0 Å². The Morgan fingerprint density at radius 2 is 1.62 bits per heavy atom. The summed E-state index contributed by atoms with van der Waals surface area (Å²) in [5, 5.41) is 2.19. The van der Waals surface area contributed by atoms with Crippen molar-refractivity contribution in [2.75, 3.05) is 6.61 Å². The van der Waals surface area contributed by atoms with Crippen molar-refractivity contribution >= 4 is 5.91 Å². The summed E-state index contributed by atoms with van der Waals surface area (Å²) in [4.78, 5) is 11.8. The molecule has 1 aromatic rings. The highest BCUT2D eigenvalue weighted by Gasteiger charge is 2.31. The fourth-order valence-electron chi connectivity index (χ4n) is 2.17. The van der Waals surface area contributed by atoms with Crippen LogP contribution in [0.4, 0.5) is 22.0 Å². The van der Waals surface area contributed by atoms with E-state index in [0.29, 0.717) is 13.0 Å². The predicted octanol–water partition coefficient (Wildman–Crippen LogP) is 2.68. The summed E-state index contributed by atoms with van der Waals surface area (Å²) in [5.41, 5.74) is -1.49. The molecule has 3 nitrogen and oxygen atoms in total. The van der Waals surface area contributed by atoms with E-state index in [1.807, 2.05) is 0 Å². The molecule has 0 spiro atoms. The molecule has 1 heterocycles.